The normalized spacial score (nSPS) is 13.9. The van der Waals surface area contributed by atoms with Crippen LogP contribution in [0.2, 0.25) is 0 Å². The van der Waals surface area contributed by atoms with E-state index in [0.717, 1.165) is 22.3 Å². The van der Waals surface area contributed by atoms with Gasteiger partial charge in [0.25, 0.3) is 0 Å². The number of carbonyl (C=O) groups is 3. The van der Waals surface area contributed by atoms with Gasteiger partial charge in [-0.2, -0.15) is 5.10 Å². The van der Waals surface area contributed by atoms with E-state index in [4.69, 9.17) is 4.74 Å². The lowest BCUT2D eigenvalue weighted by Crippen LogP contribution is -2.47. The summed E-state index contributed by atoms with van der Waals surface area (Å²) in [6, 6.07) is 13.8. The van der Waals surface area contributed by atoms with Crippen molar-refractivity contribution < 1.29 is 24.2 Å². The van der Waals surface area contributed by atoms with E-state index in [1.165, 1.54) is 10.9 Å². The van der Waals surface area contributed by atoms with Gasteiger partial charge in [0, 0.05) is 24.7 Å². The summed E-state index contributed by atoms with van der Waals surface area (Å²) < 4.78 is 7.07. The van der Waals surface area contributed by atoms with Crippen LogP contribution in [-0.2, 0) is 21.4 Å². The van der Waals surface area contributed by atoms with Gasteiger partial charge < -0.3 is 20.5 Å². The van der Waals surface area contributed by atoms with E-state index in [-0.39, 0.29) is 18.9 Å². The second kappa shape index (κ2) is 10.4. The fraction of sp³-hybridized carbons (Fsp3) is 0.308. The monoisotopic (exact) mass is 476 g/mol. The largest absolute Gasteiger partial charge is 0.480 e. The van der Waals surface area contributed by atoms with Crippen molar-refractivity contribution in [3.63, 3.8) is 0 Å². The van der Waals surface area contributed by atoms with Crippen LogP contribution in [0.4, 0.5) is 4.79 Å². The molecule has 9 heteroatoms. The molecule has 1 aliphatic rings. The van der Waals surface area contributed by atoms with Gasteiger partial charge in [-0.15, -0.1) is 0 Å². The summed E-state index contributed by atoms with van der Waals surface area (Å²) in [6.07, 6.45) is 3.10. The summed E-state index contributed by atoms with van der Waals surface area (Å²) in [6.45, 7) is 1.92. The molecular weight excluding hydrogens is 448 g/mol. The molecule has 0 spiro atoms. The summed E-state index contributed by atoms with van der Waals surface area (Å²) in [7, 11) is 1.68. The number of carboxylic acids is 1. The maximum Gasteiger partial charge on any atom is 0.408 e. The third-order valence-electron chi connectivity index (χ3n) is 6.12. The maximum atomic E-state index is 13.0. The summed E-state index contributed by atoms with van der Waals surface area (Å²) >= 11 is 0. The zero-order valence-electron chi connectivity index (χ0n) is 19.6. The van der Waals surface area contributed by atoms with E-state index < -0.39 is 30.1 Å². The Morgan fingerprint density at radius 1 is 1.06 bits per heavy atom. The van der Waals surface area contributed by atoms with Crippen molar-refractivity contribution in [2.24, 2.45) is 7.05 Å². The molecule has 0 radical (unpaired) electrons. The van der Waals surface area contributed by atoms with Gasteiger partial charge >= 0.3 is 12.1 Å². The van der Waals surface area contributed by atoms with E-state index >= 15 is 0 Å². The SMILES string of the molecule is CCC[C@H](NC(=O)C(NC(=O)OCC1c2ccccc2-c2ccccc21)c1cnn(C)c1)C(=O)O. The Kier molecular flexibility index (Phi) is 7.14. The Morgan fingerprint density at radius 2 is 1.69 bits per heavy atom. The van der Waals surface area contributed by atoms with Crippen LogP contribution in [0.5, 0.6) is 0 Å². The number of hydrogen-bond donors (Lipinski definition) is 3. The molecule has 3 N–H and O–H groups in total. The number of benzene rings is 2. The van der Waals surface area contributed by atoms with Crippen LogP contribution >= 0.6 is 0 Å². The number of aryl methyl sites for hydroxylation is 1. The number of nitrogens with zero attached hydrogens (tertiary/aromatic N) is 2. The number of aromatic nitrogens is 2. The van der Waals surface area contributed by atoms with Crippen LogP contribution < -0.4 is 10.6 Å². The Bertz CT molecular complexity index is 1190. The van der Waals surface area contributed by atoms with Gasteiger partial charge in [-0.25, -0.2) is 9.59 Å². The van der Waals surface area contributed by atoms with Crippen molar-refractivity contribution in [1.82, 2.24) is 20.4 Å². The number of aliphatic carboxylic acids is 1. The fourth-order valence-electron chi connectivity index (χ4n) is 4.45. The molecule has 1 aromatic heterocycles. The zero-order chi connectivity index (χ0) is 24.9. The Hall–Kier alpha value is -4.14. The molecule has 0 saturated heterocycles. The summed E-state index contributed by atoms with van der Waals surface area (Å²) in [5.74, 6) is -1.90. The molecule has 0 bridgehead atoms. The molecular formula is C26H28N4O5. The molecule has 1 unspecified atom stereocenters. The van der Waals surface area contributed by atoms with Gasteiger partial charge in [-0.3, -0.25) is 9.48 Å². The number of nitrogens with one attached hydrogen (secondary N) is 2. The van der Waals surface area contributed by atoms with Gasteiger partial charge in [0.05, 0.1) is 6.20 Å². The molecule has 182 valence electrons. The lowest BCUT2D eigenvalue weighted by atomic mass is 9.98. The van der Waals surface area contributed by atoms with Crippen LogP contribution in [-0.4, -0.2) is 45.5 Å². The van der Waals surface area contributed by atoms with Crippen LogP contribution in [0.1, 0.15) is 48.4 Å². The average Bonchev–Trinajstić information content (AvgIpc) is 3.42. The van der Waals surface area contributed by atoms with Crippen molar-refractivity contribution in [1.29, 1.82) is 0 Å². The van der Waals surface area contributed by atoms with Crippen molar-refractivity contribution in [3.05, 3.63) is 77.6 Å². The van der Waals surface area contributed by atoms with Crippen molar-refractivity contribution in [2.45, 2.75) is 37.8 Å². The van der Waals surface area contributed by atoms with E-state index in [2.05, 4.69) is 15.7 Å². The highest BCUT2D eigenvalue weighted by atomic mass is 16.5. The number of carboxylic acid groups (broad SMARTS) is 1. The highest BCUT2D eigenvalue weighted by Gasteiger charge is 2.31. The first-order valence-electron chi connectivity index (χ1n) is 11.5. The number of carbonyl (C=O) groups excluding carboxylic acids is 2. The molecule has 3 aromatic rings. The van der Waals surface area contributed by atoms with E-state index in [1.54, 1.807) is 13.2 Å². The summed E-state index contributed by atoms with van der Waals surface area (Å²) in [5.41, 5.74) is 4.79. The topological polar surface area (TPSA) is 123 Å². The fourth-order valence-corrected chi connectivity index (χ4v) is 4.45. The van der Waals surface area contributed by atoms with Gasteiger partial charge in [-0.1, -0.05) is 61.9 Å². The van der Waals surface area contributed by atoms with E-state index in [1.807, 2.05) is 55.5 Å². The lowest BCUT2D eigenvalue weighted by Gasteiger charge is -2.21. The number of hydrogen-bond acceptors (Lipinski definition) is 5. The molecule has 0 aliphatic heterocycles. The number of rotatable bonds is 9. The second-order valence-electron chi connectivity index (χ2n) is 8.54. The quantitative estimate of drug-likeness (QED) is 0.435. The minimum absolute atomic E-state index is 0.0921. The maximum absolute atomic E-state index is 13.0. The van der Waals surface area contributed by atoms with E-state index in [0.29, 0.717) is 12.0 Å². The van der Waals surface area contributed by atoms with Crippen LogP contribution in [0.25, 0.3) is 11.1 Å². The summed E-state index contributed by atoms with van der Waals surface area (Å²) in [5, 5.41) is 18.6. The Labute approximate surface area is 203 Å². The third kappa shape index (κ3) is 5.18. The molecule has 35 heavy (non-hydrogen) atoms. The molecule has 2 amide bonds. The smallest absolute Gasteiger partial charge is 0.408 e. The van der Waals surface area contributed by atoms with Crippen molar-refractivity contribution >= 4 is 18.0 Å². The highest BCUT2D eigenvalue weighted by molar-refractivity contribution is 5.90. The number of amides is 2. The minimum Gasteiger partial charge on any atom is -0.480 e. The molecule has 2 atom stereocenters. The molecule has 0 saturated carbocycles. The molecule has 9 nitrogen and oxygen atoms in total. The van der Waals surface area contributed by atoms with Crippen LogP contribution in [0.15, 0.2) is 60.9 Å². The average molecular weight is 477 g/mol. The van der Waals surface area contributed by atoms with E-state index in [9.17, 15) is 19.5 Å². The minimum atomic E-state index is -1.15. The third-order valence-corrected chi connectivity index (χ3v) is 6.12. The van der Waals surface area contributed by atoms with Gasteiger partial charge in [0.15, 0.2) is 0 Å². The zero-order valence-corrected chi connectivity index (χ0v) is 19.6. The Morgan fingerprint density at radius 3 is 2.23 bits per heavy atom. The standard InChI is InChI=1S/C26H28N4O5/c1-3-8-22(25(32)33)28-24(31)23(16-13-27-30(2)14-16)29-26(34)35-15-21-19-11-6-4-9-17(19)18-10-5-7-12-20(18)21/h4-7,9-14,21-23H,3,8,15H2,1-2H3,(H,28,31)(H,29,34)(H,32,33)/t22-,23?/m0/s1. The first-order chi connectivity index (χ1) is 16.9. The molecule has 4 rings (SSSR count). The van der Waals surface area contributed by atoms with Crippen LogP contribution in [0, 0.1) is 0 Å². The Balaban J connectivity index is 1.48. The predicted molar refractivity (Wildman–Crippen MR) is 129 cm³/mol. The predicted octanol–water partition coefficient (Wildman–Crippen LogP) is 3.37. The molecule has 0 fully saturated rings. The van der Waals surface area contributed by atoms with Crippen molar-refractivity contribution in [2.75, 3.05) is 6.61 Å². The van der Waals surface area contributed by atoms with Gasteiger partial charge in [-0.05, 0) is 28.7 Å². The summed E-state index contributed by atoms with van der Waals surface area (Å²) in [4.78, 5) is 37.3. The molecule has 2 aromatic carbocycles. The molecule has 1 heterocycles. The first-order valence-corrected chi connectivity index (χ1v) is 11.5. The van der Waals surface area contributed by atoms with Gasteiger partial charge in [0.1, 0.15) is 18.7 Å². The highest BCUT2D eigenvalue weighted by Crippen LogP contribution is 2.44. The van der Waals surface area contributed by atoms with Gasteiger partial charge in [0.2, 0.25) is 5.91 Å². The second-order valence-corrected chi connectivity index (χ2v) is 8.54. The lowest BCUT2D eigenvalue weighted by molar-refractivity contribution is -0.142. The number of ether oxygens (including phenoxy) is 1. The van der Waals surface area contributed by atoms with Crippen LogP contribution in [0.3, 0.4) is 0 Å². The number of alkyl carbamates (subject to hydrolysis) is 1. The first kappa shape index (κ1) is 24.0. The van der Waals surface area contributed by atoms with Crippen molar-refractivity contribution in [3.8, 4) is 11.1 Å². The number of fused-ring (bicyclic) bond motifs is 3. The molecule has 1 aliphatic carbocycles.